The third-order valence-corrected chi connectivity index (χ3v) is 6.06. The van der Waals surface area contributed by atoms with E-state index in [4.69, 9.17) is 14.0 Å². The fourth-order valence-electron chi connectivity index (χ4n) is 4.04. The average Bonchev–Trinajstić information content (AvgIpc) is 3.08. The Labute approximate surface area is 165 Å². The molecule has 28 heavy (non-hydrogen) atoms. The van der Waals surface area contributed by atoms with Gasteiger partial charge < -0.3 is 24.4 Å². The monoisotopic (exact) mass is 393 g/mol. The molecule has 1 amide bonds. The standard InChI is InChI=1S/C20H31N3O5/c24-18-5-4-16(27-19(18)12-21-20(25)14-2-1-3-14)10-15-11-17(28-22-15)13-23-6-8-26-9-7-23/h11,14,16,18-19,24H,1-10,12-13H2,(H,21,25)/t16-,18-,19+/m0/s1. The van der Waals surface area contributed by atoms with Crippen LogP contribution in [0.25, 0.3) is 0 Å². The van der Waals surface area contributed by atoms with Gasteiger partial charge in [-0.05, 0) is 25.7 Å². The second kappa shape index (κ2) is 9.35. The van der Waals surface area contributed by atoms with Gasteiger partial charge in [-0.1, -0.05) is 11.6 Å². The summed E-state index contributed by atoms with van der Waals surface area (Å²) in [5, 5.41) is 17.4. The van der Waals surface area contributed by atoms with Gasteiger partial charge in [0.1, 0.15) is 6.10 Å². The minimum atomic E-state index is -0.535. The molecular weight excluding hydrogens is 362 g/mol. The zero-order chi connectivity index (χ0) is 19.3. The number of hydrogen-bond donors (Lipinski definition) is 2. The number of hydrogen-bond acceptors (Lipinski definition) is 7. The van der Waals surface area contributed by atoms with Crippen molar-refractivity contribution in [1.29, 1.82) is 0 Å². The molecule has 3 aliphatic rings. The van der Waals surface area contributed by atoms with Crippen molar-refractivity contribution < 1.29 is 23.9 Å². The first-order valence-electron chi connectivity index (χ1n) is 10.5. The lowest BCUT2D eigenvalue weighted by atomic mass is 9.85. The van der Waals surface area contributed by atoms with Gasteiger partial charge in [-0.25, -0.2) is 0 Å². The zero-order valence-corrected chi connectivity index (χ0v) is 16.3. The third kappa shape index (κ3) is 5.11. The van der Waals surface area contributed by atoms with Crippen molar-refractivity contribution in [3.8, 4) is 0 Å². The molecule has 3 atom stereocenters. The zero-order valence-electron chi connectivity index (χ0n) is 16.3. The van der Waals surface area contributed by atoms with Gasteiger partial charge in [0.25, 0.3) is 0 Å². The van der Waals surface area contributed by atoms with E-state index in [9.17, 15) is 9.90 Å². The number of aromatic nitrogens is 1. The molecule has 0 spiro atoms. The van der Waals surface area contributed by atoms with Crippen molar-refractivity contribution in [2.24, 2.45) is 5.92 Å². The fraction of sp³-hybridized carbons (Fsp3) is 0.800. The van der Waals surface area contributed by atoms with Gasteiger partial charge in [0.15, 0.2) is 5.76 Å². The minimum absolute atomic E-state index is 0.0182. The molecule has 0 unspecified atom stereocenters. The summed E-state index contributed by atoms with van der Waals surface area (Å²) in [4.78, 5) is 14.3. The van der Waals surface area contributed by atoms with Crippen LogP contribution in [0.3, 0.4) is 0 Å². The average molecular weight is 393 g/mol. The Morgan fingerprint density at radius 2 is 2.07 bits per heavy atom. The van der Waals surface area contributed by atoms with E-state index in [2.05, 4.69) is 15.4 Å². The number of carbonyl (C=O) groups is 1. The fourth-order valence-corrected chi connectivity index (χ4v) is 4.04. The Hall–Kier alpha value is -1.48. The molecule has 8 nitrogen and oxygen atoms in total. The summed E-state index contributed by atoms with van der Waals surface area (Å²) in [7, 11) is 0. The molecule has 0 radical (unpaired) electrons. The number of ether oxygens (including phenoxy) is 2. The predicted molar refractivity (Wildman–Crippen MR) is 101 cm³/mol. The summed E-state index contributed by atoms with van der Waals surface area (Å²) >= 11 is 0. The van der Waals surface area contributed by atoms with E-state index in [0.717, 1.165) is 70.0 Å². The number of rotatable bonds is 7. The lowest BCUT2D eigenvalue weighted by molar-refractivity contribution is -0.133. The molecule has 2 N–H and O–H groups in total. The van der Waals surface area contributed by atoms with E-state index in [1.165, 1.54) is 0 Å². The normalized spacial score (nSPS) is 29.4. The summed E-state index contributed by atoms with van der Waals surface area (Å²) in [6.45, 7) is 4.46. The first kappa shape index (κ1) is 19.8. The van der Waals surface area contributed by atoms with Crippen LogP contribution >= 0.6 is 0 Å². The van der Waals surface area contributed by atoms with Gasteiger partial charge in [0.05, 0.1) is 37.7 Å². The summed E-state index contributed by atoms with van der Waals surface area (Å²) in [5.41, 5.74) is 0.877. The molecule has 3 fully saturated rings. The van der Waals surface area contributed by atoms with Gasteiger partial charge in [0.2, 0.25) is 5.91 Å². The molecule has 4 rings (SSSR count). The molecule has 1 aromatic rings. The van der Waals surface area contributed by atoms with E-state index in [-0.39, 0.29) is 24.0 Å². The van der Waals surface area contributed by atoms with Gasteiger partial charge in [0, 0.05) is 38.0 Å². The molecule has 156 valence electrons. The summed E-state index contributed by atoms with van der Waals surface area (Å²) in [6.07, 6.45) is 4.28. The van der Waals surface area contributed by atoms with Crippen LogP contribution in [0.2, 0.25) is 0 Å². The molecular formula is C20H31N3O5. The van der Waals surface area contributed by atoms with Crippen molar-refractivity contribution in [2.45, 2.75) is 63.4 Å². The molecule has 0 bridgehead atoms. The number of amides is 1. The Morgan fingerprint density at radius 1 is 1.25 bits per heavy atom. The molecule has 0 aromatic carbocycles. The van der Waals surface area contributed by atoms with E-state index in [0.29, 0.717) is 19.4 Å². The molecule has 8 heteroatoms. The number of morpholine rings is 1. The van der Waals surface area contributed by atoms with Crippen LogP contribution in [0, 0.1) is 5.92 Å². The molecule has 1 aromatic heterocycles. The Balaban J connectivity index is 1.24. The summed E-state index contributed by atoms with van der Waals surface area (Å²) in [6, 6.07) is 2.00. The second-order valence-electron chi connectivity index (χ2n) is 8.19. The van der Waals surface area contributed by atoms with Crippen LogP contribution in [0.5, 0.6) is 0 Å². The van der Waals surface area contributed by atoms with Crippen LogP contribution in [-0.2, 0) is 27.2 Å². The number of aliphatic hydroxyl groups excluding tert-OH is 1. The van der Waals surface area contributed by atoms with Gasteiger partial charge >= 0.3 is 0 Å². The van der Waals surface area contributed by atoms with Crippen molar-refractivity contribution in [2.75, 3.05) is 32.8 Å². The largest absolute Gasteiger partial charge is 0.390 e. The Morgan fingerprint density at radius 3 is 2.82 bits per heavy atom. The number of nitrogens with zero attached hydrogens (tertiary/aromatic N) is 2. The third-order valence-electron chi connectivity index (χ3n) is 6.06. The lowest BCUT2D eigenvalue weighted by Gasteiger charge is -2.34. The van der Waals surface area contributed by atoms with Crippen LogP contribution in [-0.4, -0.2) is 72.2 Å². The van der Waals surface area contributed by atoms with E-state index >= 15 is 0 Å². The maximum atomic E-state index is 12.0. The first-order chi connectivity index (χ1) is 13.7. The van der Waals surface area contributed by atoms with Gasteiger partial charge in [-0.3, -0.25) is 9.69 Å². The molecule has 1 saturated carbocycles. The number of carbonyl (C=O) groups excluding carboxylic acids is 1. The topological polar surface area (TPSA) is 97.1 Å². The number of nitrogens with one attached hydrogen (secondary N) is 1. The highest BCUT2D eigenvalue weighted by atomic mass is 16.5. The summed E-state index contributed by atoms with van der Waals surface area (Å²) in [5.74, 6) is 1.10. The van der Waals surface area contributed by atoms with Gasteiger partial charge in [-0.2, -0.15) is 0 Å². The predicted octanol–water partition coefficient (Wildman–Crippen LogP) is 0.874. The van der Waals surface area contributed by atoms with E-state index in [1.54, 1.807) is 0 Å². The Kier molecular flexibility index (Phi) is 6.61. The second-order valence-corrected chi connectivity index (χ2v) is 8.19. The smallest absolute Gasteiger partial charge is 0.223 e. The SMILES string of the molecule is O=C(NC[C@H]1O[C@H](Cc2cc(CN3CCOCC3)on2)CC[C@@H]1O)C1CCC1. The Bertz CT molecular complexity index is 642. The van der Waals surface area contributed by atoms with E-state index < -0.39 is 6.10 Å². The quantitative estimate of drug-likeness (QED) is 0.710. The molecule has 2 aliphatic heterocycles. The molecule has 1 aliphatic carbocycles. The highest BCUT2D eigenvalue weighted by Gasteiger charge is 2.32. The highest BCUT2D eigenvalue weighted by Crippen LogP contribution is 2.27. The van der Waals surface area contributed by atoms with Crippen molar-refractivity contribution in [3.63, 3.8) is 0 Å². The maximum absolute atomic E-state index is 12.0. The highest BCUT2D eigenvalue weighted by molar-refractivity contribution is 5.79. The van der Waals surface area contributed by atoms with Crippen LogP contribution in [0.15, 0.2) is 10.6 Å². The van der Waals surface area contributed by atoms with Gasteiger partial charge in [-0.15, -0.1) is 0 Å². The minimum Gasteiger partial charge on any atom is -0.390 e. The van der Waals surface area contributed by atoms with Crippen molar-refractivity contribution in [1.82, 2.24) is 15.4 Å². The maximum Gasteiger partial charge on any atom is 0.223 e. The van der Waals surface area contributed by atoms with Crippen LogP contribution < -0.4 is 5.32 Å². The van der Waals surface area contributed by atoms with E-state index in [1.807, 2.05) is 6.07 Å². The van der Waals surface area contributed by atoms with Crippen molar-refractivity contribution >= 4 is 5.91 Å². The number of aliphatic hydroxyl groups is 1. The molecule has 3 heterocycles. The summed E-state index contributed by atoms with van der Waals surface area (Å²) < 4.78 is 16.9. The van der Waals surface area contributed by atoms with Crippen LogP contribution in [0.4, 0.5) is 0 Å². The van der Waals surface area contributed by atoms with Crippen molar-refractivity contribution in [3.05, 3.63) is 17.5 Å². The first-order valence-corrected chi connectivity index (χ1v) is 10.5. The molecule has 2 saturated heterocycles. The lowest BCUT2D eigenvalue weighted by Crippen LogP contribution is -2.48. The van der Waals surface area contributed by atoms with Crippen LogP contribution in [0.1, 0.15) is 43.6 Å².